The van der Waals surface area contributed by atoms with E-state index in [2.05, 4.69) is 30.2 Å². The van der Waals surface area contributed by atoms with Gasteiger partial charge in [-0.3, -0.25) is 27.8 Å². The first-order valence-corrected chi connectivity index (χ1v) is 22.0. The molecule has 1 aromatic carbocycles. The first kappa shape index (κ1) is 37.8. The van der Waals surface area contributed by atoms with Crippen LogP contribution in [0.25, 0.3) is 21.5 Å². The number of nitrogens with zero attached hydrogens (tertiary/aromatic N) is 7. The number of thiazole rings is 1. The summed E-state index contributed by atoms with van der Waals surface area (Å²) in [6, 6.07) is 8.40. The van der Waals surface area contributed by atoms with E-state index in [1.54, 1.807) is 37.3 Å². The van der Waals surface area contributed by atoms with E-state index in [9.17, 15) is 19.4 Å². The van der Waals surface area contributed by atoms with Crippen LogP contribution in [-0.2, 0) is 55.9 Å². The zero-order valence-electron chi connectivity index (χ0n) is 27.8. The summed E-state index contributed by atoms with van der Waals surface area (Å²) in [5.41, 5.74) is 1.65. The number of aryl methyl sites for hydroxylation is 1. The number of anilines is 1. The summed E-state index contributed by atoms with van der Waals surface area (Å²) in [6.07, 6.45) is -7.44. The zero-order valence-corrected chi connectivity index (χ0v) is 32.1. The molecule has 7 heterocycles. The van der Waals surface area contributed by atoms with Crippen molar-refractivity contribution in [1.82, 2.24) is 34.1 Å². The highest BCUT2D eigenvalue weighted by molar-refractivity contribution is 8.07. The highest BCUT2D eigenvalue weighted by Crippen LogP contribution is 2.54. The molecule has 3 aliphatic rings. The van der Waals surface area contributed by atoms with Crippen molar-refractivity contribution in [3.63, 3.8) is 0 Å². The van der Waals surface area contributed by atoms with E-state index in [4.69, 9.17) is 55.9 Å². The molecule has 2 unspecified atom stereocenters. The van der Waals surface area contributed by atoms with E-state index in [0.29, 0.717) is 16.8 Å². The van der Waals surface area contributed by atoms with E-state index in [1.165, 1.54) is 24.3 Å². The minimum Gasteiger partial charge on any atom is -0.376 e. The molecule has 4 aromatic heterocycles. The van der Waals surface area contributed by atoms with Crippen LogP contribution in [-0.4, -0.2) is 107 Å². The third kappa shape index (κ3) is 7.07. The molecule has 54 heavy (non-hydrogen) atoms. The maximum atomic E-state index is 16.3. The Hall–Kier alpha value is -3.12. The second kappa shape index (κ2) is 14.8. The fraction of sp³-hybridized carbons (Fsp3) is 0.414. The molecule has 5 aromatic rings. The third-order valence-electron chi connectivity index (χ3n) is 8.88. The molecule has 3 aliphatic heterocycles. The predicted octanol–water partition coefficient (Wildman–Crippen LogP) is 2.65. The lowest BCUT2D eigenvalue weighted by atomic mass is 10.1. The number of nitrogens with one attached hydrogen (secondary N) is 1. The van der Waals surface area contributed by atoms with E-state index in [1.807, 2.05) is 0 Å². The first-order chi connectivity index (χ1) is 25.8. The highest BCUT2D eigenvalue weighted by Gasteiger charge is 2.54. The summed E-state index contributed by atoms with van der Waals surface area (Å²) in [7, 11) is 1.32. The van der Waals surface area contributed by atoms with E-state index >= 15 is 4.39 Å². The first-order valence-electron chi connectivity index (χ1n) is 16.0. The second-order valence-corrected chi connectivity index (χ2v) is 18.7. The number of amides is 1. The van der Waals surface area contributed by atoms with E-state index in [-0.39, 0.29) is 21.8 Å². The van der Waals surface area contributed by atoms with Crippen molar-refractivity contribution in [3.05, 3.63) is 70.2 Å². The summed E-state index contributed by atoms with van der Waals surface area (Å²) in [5.74, 6) is -0.410. The number of ether oxygens (including phenoxy) is 3. The van der Waals surface area contributed by atoms with Crippen LogP contribution in [0.5, 0.6) is 0 Å². The van der Waals surface area contributed by atoms with Gasteiger partial charge in [0.05, 0.1) is 25.2 Å². The molecule has 2 bridgehead atoms. The molecular weight excluding hydrogens is 814 g/mol. The number of halogens is 1. The van der Waals surface area contributed by atoms with Crippen molar-refractivity contribution in [2.45, 2.75) is 56.1 Å². The highest BCUT2D eigenvalue weighted by atomic mass is 32.5. The Labute approximate surface area is 317 Å². The number of rotatable bonds is 5. The van der Waals surface area contributed by atoms with Gasteiger partial charge < -0.3 is 38.4 Å². The molecule has 0 saturated carbocycles. The third-order valence-corrected chi connectivity index (χ3v) is 12.9. The van der Waals surface area contributed by atoms with Crippen LogP contribution in [0.3, 0.4) is 0 Å². The number of fused-ring (bicyclic) bond motifs is 5. The van der Waals surface area contributed by atoms with Crippen LogP contribution in [0.2, 0.25) is 0 Å². The normalized spacial score (nSPS) is 33.2. The van der Waals surface area contributed by atoms with Crippen LogP contribution < -0.4 is 10.2 Å². The monoisotopic (exact) mass is 842 g/mol. The maximum Gasteiger partial charge on any atom is 0.325 e. The van der Waals surface area contributed by atoms with Crippen LogP contribution in [0.15, 0.2) is 54.1 Å². The quantitative estimate of drug-likeness (QED) is 0.216. The summed E-state index contributed by atoms with van der Waals surface area (Å²) in [6.45, 7) is -7.94. The molecule has 10 atom stereocenters. The number of aromatic nitrogens is 7. The molecule has 25 heteroatoms. The largest absolute Gasteiger partial charge is 0.376 e. The summed E-state index contributed by atoms with van der Waals surface area (Å²) < 4.78 is 60.0. The molecule has 0 spiro atoms. The van der Waals surface area contributed by atoms with E-state index < -0.39 is 86.6 Å². The second-order valence-electron chi connectivity index (χ2n) is 12.2. The lowest BCUT2D eigenvalue weighted by Gasteiger charge is -2.28. The van der Waals surface area contributed by atoms with Crippen LogP contribution in [0.1, 0.15) is 28.5 Å². The molecule has 0 aliphatic carbocycles. The minimum absolute atomic E-state index is 0.0528. The summed E-state index contributed by atoms with van der Waals surface area (Å²) >= 11 is 11.4. The standard InChI is InChI=1S/C29H29FN8O11P2S3/c1-13-18-24(33-10-31-13)37(12-35-18)27-17(30)19-15(46-27)8-44-51(42,53)49-21-20(43-2)16(9-45-50(41,52)48-19)47-28(21)38-25-22(54-29(38)40)23(32-11-34-25)36-26(39)14-6-4-3-5-7-14/h3-7,10-12,15-17,19-21,27-28H,8-9H2,1-2H3,(H,41,52)(H,42,53)(H,32,34,36,39)/t15-,16-,17-,19-,20-,21-,27-,28-,50?,51?/m1/s1. The molecule has 1 amide bonds. The SMILES string of the molecule is CO[C@H]1[C@H]2OP(O)(=S)OC[C@H]3O[C@@H](n4cnc5c(C)ncnc54)[C@H](F)[C@@H]3OP(O)(=S)OC[C@H]1O[C@H]2n1c(=O)sc2c(NC(=O)c3ccccc3)ncnc21. The average Bonchev–Trinajstić information content (AvgIpc) is 3.89. The molecule has 3 N–H and O–H groups in total. The van der Waals surface area contributed by atoms with Gasteiger partial charge in [0.25, 0.3) is 5.91 Å². The van der Waals surface area contributed by atoms with Gasteiger partial charge in [-0.2, -0.15) is 0 Å². The molecular formula is C29H29FN8O11P2S3. The fourth-order valence-corrected chi connectivity index (χ4v) is 10.2. The van der Waals surface area contributed by atoms with Crippen LogP contribution in [0, 0.1) is 6.92 Å². The van der Waals surface area contributed by atoms with Gasteiger partial charge in [0.2, 0.25) is 0 Å². The van der Waals surface area contributed by atoms with Gasteiger partial charge in [-0.1, -0.05) is 29.5 Å². The molecule has 0 radical (unpaired) electrons. The Morgan fingerprint density at radius 1 is 0.963 bits per heavy atom. The van der Waals surface area contributed by atoms with Gasteiger partial charge >= 0.3 is 18.3 Å². The van der Waals surface area contributed by atoms with Crippen molar-refractivity contribution in [3.8, 4) is 0 Å². The van der Waals surface area contributed by atoms with Crippen LogP contribution >= 0.6 is 24.8 Å². The number of alkyl halides is 1. The van der Waals surface area contributed by atoms with Crippen molar-refractivity contribution >= 4 is 81.6 Å². The van der Waals surface area contributed by atoms with Crippen LogP contribution in [0.4, 0.5) is 10.2 Å². The molecule has 3 fully saturated rings. The lowest BCUT2D eigenvalue weighted by Crippen LogP contribution is -2.38. The van der Waals surface area contributed by atoms with Crippen molar-refractivity contribution in [1.29, 1.82) is 0 Å². The topological polar surface area (TPSA) is 226 Å². The molecule has 8 rings (SSSR count). The Kier molecular flexibility index (Phi) is 10.3. The van der Waals surface area contributed by atoms with Crippen molar-refractivity contribution in [2.75, 3.05) is 25.6 Å². The Morgan fingerprint density at radius 3 is 2.37 bits per heavy atom. The number of hydrogen-bond donors (Lipinski definition) is 3. The minimum atomic E-state index is -4.30. The number of benzene rings is 1. The fourth-order valence-electron chi connectivity index (χ4n) is 6.42. The zero-order chi connectivity index (χ0) is 37.9. The Balaban J connectivity index is 1.11. The van der Waals surface area contributed by atoms with E-state index in [0.717, 1.165) is 22.2 Å². The van der Waals surface area contributed by atoms with Crippen molar-refractivity contribution < 1.29 is 51.3 Å². The van der Waals surface area contributed by atoms with Gasteiger partial charge in [0.15, 0.2) is 35.7 Å². The molecule has 3 saturated heterocycles. The van der Waals surface area contributed by atoms with Gasteiger partial charge in [0.1, 0.15) is 53.4 Å². The summed E-state index contributed by atoms with van der Waals surface area (Å²) in [5, 5.41) is 2.70. The Morgan fingerprint density at radius 2 is 1.63 bits per heavy atom. The van der Waals surface area contributed by atoms with Gasteiger partial charge in [-0.15, -0.1) is 0 Å². The lowest BCUT2D eigenvalue weighted by molar-refractivity contribution is -0.0612. The molecule has 286 valence electrons. The van der Waals surface area contributed by atoms with Crippen molar-refractivity contribution in [2.24, 2.45) is 0 Å². The molecule has 19 nitrogen and oxygen atoms in total. The number of imidazole rings is 1. The van der Waals surface area contributed by atoms with Gasteiger partial charge in [0, 0.05) is 12.7 Å². The summed E-state index contributed by atoms with van der Waals surface area (Å²) in [4.78, 5) is 69.7. The predicted molar refractivity (Wildman–Crippen MR) is 194 cm³/mol. The smallest absolute Gasteiger partial charge is 0.325 e. The van der Waals surface area contributed by atoms with Gasteiger partial charge in [-0.25, -0.2) is 29.3 Å². The maximum absolute atomic E-state index is 16.3. The number of methoxy groups -OCH3 is 1. The number of hydrogen-bond acceptors (Lipinski definition) is 17. The average molecular weight is 843 g/mol. The number of carbonyl (C=O) groups is 1. The Bertz CT molecular complexity index is 2390. The number of carbonyl (C=O) groups excluding carboxylic acids is 1. The van der Waals surface area contributed by atoms with Gasteiger partial charge in [-0.05, 0) is 42.7 Å².